The van der Waals surface area contributed by atoms with Gasteiger partial charge in [0.2, 0.25) is 5.91 Å². The van der Waals surface area contributed by atoms with Crippen molar-refractivity contribution in [1.82, 2.24) is 0 Å². The number of carbonyl (C=O) groups excluding carboxylic acids is 1. The number of nitrogens with zero attached hydrogens (tertiary/aromatic N) is 1. The maximum atomic E-state index is 12.5. The first-order chi connectivity index (χ1) is 15.6. The van der Waals surface area contributed by atoms with Crippen LogP contribution in [0.5, 0.6) is 5.75 Å². The van der Waals surface area contributed by atoms with Crippen LogP contribution in [0.2, 0.25) is 0 Å². The van der Waals surface area contributed by atoms with Gasteiger partial charge in [0, 0.05) is 36.8 Å². The molecular formula is C22H20F3NO6S. The van der Waals surface area contributed by atoms with E-state index in [9.17, 15) is 26.4 Å². The molecule has 11 heteroatoms. The van der Waals surface area contributed by atoms with Gasteiger partial charge in [-0.25, -0.2) is 0 Å². The van der Waals surface area contributed by atoms with E-state index in [1.807, 2.05) is 0 Å². The van der Waals surface area contributed by atoms with E-state index in [2.05, 4.69) is 16.0 Å². The van der Waals surface area contributed by atoms with E-state index in [0.717, 1.165) is 12.1 Å². The fraction of sp³-hybridized carbons (Fsp3) is 0.318. The average Bonchev–Trinajstić information content (AvgIpc) is 2.76. The number of hydrogen-bond donors (Lipinski definition) is 2. The molecule has 1 saturated heterocycles. The maximum Gasteiger partial charge on any atom is 0.534 e. The molecule has 1 aliphatic heterocycles. The molecule has 0 saturated carbocycles. The van der Waals surface area contributed by atoms with Gasteiger partial charge in [0.1, 0.15) is 5.75 Å². The van der Waals surface area contributed by atoms with Crippen LogP contribution >= 0.6 is 0 Å². The number of amides is 1. The Labute approximate surface area is 188 Å². The molecule has 1 aliphatic rings. The number of β-lactam (4-membered cyclic amide) rings is 1. The smallest absolute Gasteiger partial charge is 0.396 e. The number of aliphatic hydroxyl groups is 2. The van der Waals surface area contributed by atoms with E-state index in [0.29, 0.717) is 23.2 Å². The van der Waals surface area contributed by atoms with E-state index in [4.69, 9.17) is 10.2 Å². The highest BCUT2D eigenvalue weighted by molar-refractivity contribution is 7.88. The van der Waals surface area contributed by atoms with Crippen molar-refractivity contribution in [3.8, 4) is 17.6 Å². The van der Waals surface area contributed by atoms with Gasteiger partial charge in [-0.3, -0.25) is 4.79 Å². The summed E-state index contributed by atoms with van der Waals surface area (Å²) in [5, 5.41) is 18.1. The predicted molar refractivity (Wildman–Crippen MR) is 112 cm³/mol. The van der Waals surface area contributed by atoms with Gasteiger partial charge in [-0.1, -0.05) is 24.0 Å². The fourth-order valence-corrected chi connectivity index (χ4v) is 3.58. The SMILES string of the molecule is O=C1CC(c2ccc(OS(=O)(=O)C(F)(F)F)cc2)N1c1ccc(C#CCC(CO)CO)cc1. The summed E-state index contributed by atoms with van der Waals surface area (Å²) in [7, 11) is -5.76. The molecule has 1 atom stereocenters. The van der Waals surface area contributed by atoms with Gasteiger partial charge >= 0.3 is 15.6 Å². The van der Waals surface area contributed by atoms with Crippen LogP contribution in [0.3, 0.4) is 0 Å². The summed E-state index contributed by atoms with van der Waals surface area (Å²) in [5.74, 6) is 4.86. The first-order valence-electron chi connectivity index (χ1n) is 9.79. The quantitative estimate of drug-likeness (QED) is 0.272. The number of anilines is 1. The average molecular weight is 483 g/mol. The minimum Gasteiger partial charge on any atom is -0.396 e. The number of alkyl halides is 3. The standard InChI is InChI=1S/C22H20F3NO6S/c23-22(24,25)33(30,31)32-19-10-6-17(7-11-19)20-12-21(29)26(20)18-8-4-15(5-9-18)2-1-3-16(13-27)14-28/h4-11,16,20,27-28H,3,12-14H2. The predicted octanol–water partition coefficient (Wildman–Crippen LogP) is 2.74. The van der Waals surface area contributed by atoms with Crippen molar-refractivity contribution in [3.63, 3.8) is 0 Å². The summed E-state index contributed by atoms with van der Waals surface area (Å²) < 4.78 is 63.7. The molecule has 0 radical (unpaired) electrons. The monoisotopic (exact) mass is 483 g/mol. The lowest BCUT2D eigenvalue weighted by atomic mass is 9.93. The Bertz CT molecular complexity index is 1150. The molecule has 3 rings (SSSR count). The zero-order valence-corrected chi connectivity index (χ0v) is 17.9. The molecule has 33 heavy (non-hydrogen) atoms. The summed E-state index contributed by atoms with van der Waals surface area (Å²) in [6.07, 6.45) is 0.526. The Morgan fingerprint density at radius 2 is 1.67 bits per heavy atom. The van der Waals surface area contributed by atoms with E-state index in [-0.39, 0.29) is 37.5 Å². The summed E-state index contributed by atoms with van der Waals surface area (Å²) in [4.78, 5) is 13.7. The van der Waals surface area contributed by atoms with E-state index < -0.39 is 21.4 Å². The third kappa shape index (κ3) is 5.65. The molecule has 0 bridgehead atoms. The molecule has 176 valence electrons. The Morgan fingerprint density at radius 3 is 2.18 bits per heavy atom. The summed E-state index contributed by atoms with van der Waals surface area (Å²) in [6.45, 7) is -0.318. The van der Waals surface area contributed by atoms with Crippen molar-refractivity contribution in [2.45, 2.75) is 24.4 Å². The Hall–Kier alpha value is -3.07. The van der Waals surface area contributed by atoms with Crippen molar-refractivity contribution in [2.24, 2.45) is 5.92 Å². The summed E-state index contributed by atoms with van der Waals surface area (Å²) in [5.41, 5.74) is -3.64. The number of rotatable bonds is 7. The minimum absolute atomic E-state index is 0.146. The molecule has 2 aromatic carbocycles. The molecule has 2 N–H and O–H groups in total. The Morgan fingerprint density at radius 1 is 1.06 bits per heavy atom. The first-order valence-corrected chi connectivity index (χ1v) is 11.2. The lowest BCUT2D eigenvalue weighted by Crippen LogP contribution is -2.46. The van der Waals surface area contributed by atoms with Gasteiger partial charge in [0.25, 0.3) is 0 Å². The summed E-state index contributed by atoms with van der Waals surface area (Å²) >= 11 is 0. The lowest BCUT2D eigenvalue weighted by molar-refractivity contribution is -0.124. The molecule has 2 aromatic rings. The van der Waals surface area contributed by atoms with Crippen LogP contribution in [0.4, 0.5) is 18.9 Å². The number of hydrogen-bond acceptors (Lipinski definition) is 6. The second-order valence-corrected chi connectivity index (χ2v) is 8.86. The van der Waals surface area contributed by atoms with Crippen LogP contribution in [-0.4, -0.2) is 43.3 Å². The van der Waals surface area contributed by atoms with Crippen LogP contribution in [0.25, 0.3) is 0 Å². The Kier molecular flexibility index (Phi) is 7.31. The highest BCUT2D eigenvalue weighted by Crippen LogP contribution is 2.39. The van der Waals surface area contributed by atoms with Gasteiger partial charge in [0.05, 0.1) is 12.5 Å². The first kappa shape index (κ1) is 24.6. The zero-order chi connectivity index (χ0) is 24.2. The fourth-order valence-electron chi connectivity index (χ4n) is 3.12. The van der Waals surface area contributed by atoms with E-state index >= 15 is 0 Å². The number of carbonyl (C=O) groups is 1. The van der Waals surface area contributed by atoms with Crippen LogP contribution in [0.15, 0.2) is 48.5 Å². The topological polar surface area (TPSA) is 104 Å². The second kappa shape index (κ2) is 9.82. The van der Waals surface area contributed by atoms with Crippen LogP contribution in [-0.2, 0) is 14.9 Å². The van der Waals surface area contributed by atoms with Crippen LogP contribution < -0.4 is 9.08 Å². The lowest BCUT2D eigenvalue weighted by Gasteiger charge is -2.40. The molecule has 7 nitrogen and oxygen atoms in total. The van der Waals surface area contributed by atoms with Gasteiger partial charge in [-0.05, 0) is 42.0 Å². The maximum absolute atomic E-state index is 12.5. The largest absolute Gasteiger partial charge is 0.534 e. The van der Waals surface area contributed by atoms with Crippen molar-refractivity contribution < 1.29 is 40.8 Å². The molecule has 0 spiro atoms. The van der Waals surface area contributed by atoms with Crippen molar-refractivity contribution in [1.29, 1.82) is 0 Å². The second-order valence-electron chi connectivity index (χ2n) is 7.32. The highest BCUT2D eigenvalue weighted by atomic mass is 32.2. The number of halogens is 3. The van der Waals surface area contributed by atoms with Gasteiger partial charge in [-0.2, -0.15) is 21.6 Å². The molecule has 1 amide bonds. The van der Waals surface area contributed by atoms with E-state index in [1.165, 1.54) is 17.0 Å². The van der Waals surface area contributed by atoms with Crippen molar-refractivity contribution in [2.75, 3.05) is 18.1 Å². The van der Waals surface area contributed by atoms with Gasteiger partial charge < -0.3 is 19.3 Å². The molecule has 1 unspecified atom stereocenters. The third-order valence-electron chi connectivity index (χ3n) is 4.99. The summed E-state index contributed by atoms with van der Waals surface area (Å²) in [6, 6.07) is 11.5. The van der Waals surface area contributed by atoms with Crippen LogP contribution in [0, 0.1) is 17.8 Å². The molecule has 0 aliphatic carbocycles. The zero-order valence-electron chi connectivity index (χ0n) is 17.1. The van der Waals surface area contributed by atoms with Crippen molar-refractivity contribution in [3.05, 3.63) is 59.7 Å². The molecular weight excluding hydrogens is 463 g/mol. The van der Waals surface area contributed by atoms with Gasteiger partial charge in [0.15, 0.2) is 0 Å². The number of aliphatic hydroxyl groups excluding tert-OH is 2. The van der Waals surface area contributed by atoms with Gasteiger partial charge in [-0.15, -0.1) is 0 Å². The van der Waals surface area contributed by atoms with Crippen molar-refractivity contribution >= 4 is 21.7 Å². The van der Waals surface area contributed by atoms with Crippen LogP contribution in [0.1, 0.15) is 30.0 Å². The molecule has 0 aromatic heterocycles. The minimum atomic E-state index is -5.76. The highest BCUT2D eigenvalue weighted by Gasteiger charge is 2.48. The van der Waals surface area contributed by atoms with E-state index in [1.54, 1.807) is 24.3 Å². The molecule has 1 fully saturated rings. The Balaban J connectivity index is 1.69. The molecule has 1 heterocycles. The normalized spacial score (nSPS) is 16.2. The number of benzene rings is 2. The third-order valence-corrected chi connectivity index (χ3v) is 5.97.